The predicted molar refractivity (Wildman–Crippen MR) is 104 cm³/mol. The molecule has 1 unspecified atom stereocenters. The van der Waals surface area contributed by atoms with Crippen LogP contribution >= 0.6 is 0 Å². The van der Waals surface area contributed by atoms with E-state index in [1.54, 1.807) is 0 Å². The number of sulfone groups is 1. The Hall–Kier alpha value is -3.16. The number of nitrogens with one attached hydrogen (secondary N) is 1. The first-order chi connectivity index (χ1) is 15.1. The summed E-state index contributed by atoms with van der Waals surface area (Å²) < 4.78 is 35.5. The number of fused-ring (bicyclic) bond motifs is 1. The minimum atomic E-state index is -4.04. The van der Waals surface area contributed by atoms with Gasteiger partial charge in [0.1, 0.15) is 12.6 Å². The Morgan fingerprint density at radius 2 is 1.81 bits per heavy atom. The standard InChI is InChI=1S/C19H20N2O10S/c22-14-5-4-12(17(25)20-14)21-18(26)11-2-1-3-13(16(11)19(21)27)32(28,29)9-8-30-6-7-31-10-15(23)24/h1-3,12H,4-10H2,(H,23,24)(H,20,22,25). The maximum absolute atomic E-state index is 13.0. The molecule has 12 nitrogen and oxygen atoms in total. The lowest BCUT2D eigenvalue weighted by Gasteiger charge is -2.27. The minimum Gasteiger partial charge on any atom is -0.480 e. The van der Waals surface area contributed by atoms with Crippen molar-refractivity contribution >= 4 is 39.4 Å². The maximum Gasteiger partial charge on any atom is 0.329 e. The van der Waals surface area contributed by atoms with E-state index in [0.29, 0.717) is 4.90 Å². The van der Waals surface area contributed by atoms with Crippen molar-refractivity contribution in [2.24, 2.45) is 0 Å². The fourth-order valence-corrected chi connectivity index (χ4v) is 4.75. The first kappa shape index (κ1) is 23.5. The lowest BCUT2D eigenvalue weighted by Crippen LogP contribution is -2.54. The lowest BCUT2D eigenvalue weighted by molar-refractivity contribution is -0.142. The van der Waals surface area contributed by atoms with Crippen molar-refractivity contribution in [2.75, 3.05) is 32.2 Å². The number of carbonyl (C=O) groups excluding carboxylic acids is 4. The van der Waals surface area contributed by atoms with E-state index < -0.39 is 57.8 Å². The van der Waals surface area contributed by atoms with E-state index in [-0.39, 0.29) is 48.7 Å². The molecule has 0 aromatic heterocycles. The zero-order valence-electron chi connectivity index (χ0n) is 16.7. The van der Waals surface area contributed by atoms with Gasteiger partial charge in [0.15, 0.2) is 9.84 Å². The fraction of sp³-hybridized carbons (Fsp3) is 0.421. The second kappa shape index (κ2) is 9.54. The molecule has 0 radical (unpaired) electrons. The van der Waals surface area contributed by atoms with E-state index in [9.17, 15) is 32.4 Å². The van der Waals surface area contributed by atoms with Gasteiger partial charge in [0.25, 0.3) is 11.8 Å². The summed E-state index contributed by atoms with van der Waals surface area (Å²) in [5.41, 5.74) is -0.448. The van der Waals surface area contributed by atoms with E-state index in [4.69, 9.17) is 14.6 Å². The third kappa shape index (κ3) is 4.84. The predicted octanol–water partition coefficient (Wildman–Crippen LogP) is -1.02. The smallest absolute Gasteiger partial charge is 0.329 e. The van der Waals surface area contributed by atoms with Crippen LogP contribution in [0.25, 0.3) is 0 Å². The molecule has 0 aliphatic carbocycles. The van der Waals surface area contributed by atoms with Crippen molar-refractivity contribution in [1.82, 2.24) is 10.2 Å². The van der Waals surface area contributed by atoms with Gasteiger partial charge in [0, 0.05) is 6.42 Å². The van der Waals surface area contributed by atoms with Gasteiger partial charge in [-0.3, -0.25) is 29.4 Å². The number of carboxylic acid groups (broad SMARTS) is 1. The summed E-state index contributed by atoms with van der Waals surface area (Å²) in [6.45, 7) is -0.823. The molecule has 4 amide bonds. The van der Waals surface area contributed by atoms with Crippen LogP contribution in [0.1, 0.15) is 33.6 Å². The molecule has 13 heteroatoms. The number of ether oxygens (including phenoxy) is 2. The normalized spacial score (nSPS) is 18.6. The quantitative estimate of drug-likeness (QED) is 0.319. The molecule has 0 saturated carbocycles. The van der Waals surface area contributed by atoms with Crippen LogP contribution in [0, 0.1) is 0 Å². The van der Waals surface area contributed by atoms with Crippen molar-refractivity contribution < 1.29 is 47.0 Å². The number of imide groups is 2. The first-order valence-corrected chi connectivity index (χ1v) is 11.2. The summed E-state index contributed by atoms with van der Waals surface area (Å²) in [5, 5.41) is 10.5. The molecule has 1 fully saturated rings. The summed E-state index contributed by atoms with van der Waals surface area (Å²) in [7, 11) is -4.04. The molecule has 172 valence electrons. The molecule has 2 aliphatic rings. The van der Waals surface area contributed by atoms with E-state index in [0.717, 1.165) is 0 Å². The summed E-state index contributed by atoms with van der Waals surface area (Å²) in [6, 6.07) is 2.62. The average Bonchev–Trinajstić information content (AvgIpc) is 2.98. The Balaban J connectivity index is 1.72. The summed E-state index contributed by atoms with van der Waals surface area (Å²) >= 11 is 0. The van der Waals surface area contributed by atoms with Crippen LogP contribution < -0.4 is 5.32 Å². The number of benzene rings is 1. The van der Waals surface area contributed by atoms with Crippen LogP contribution in [0.2, 0.25) is 0 Å². The van der Waals surface area contributed by atoms with Gasteiger partial charge in [-0.15, -0.1) is 0 Å². The second-order valence-corrected chi connectivity index (χ2v) is 9.08. The van der Waals surface area contributed by atoms with Gasteiger partial charge in [0.05, 0.1) is 41.6 Å². The minimum absolute atomic E-state index is 0.0313. The number of carbonyl (C=O) groups is 5. The first-order valence-electron chi connectivity index (χ1n) is 9.58. The molecule has 2 N–H and O–H groups in total. The Bertz CT molecular complexity index is 1080. The van der Waals surface area contributed by atoms with Crippen LogP contribution in [-0.4, -0.2) is 86.2 Å². The maximum atomic E-state index is 13.0. The highest BCUT2D eigenvalue weighted by atomic mass is 32.2. The topological polar surface area (TPSA) is 173 Å². The van der Waals surface area contributed by atoms with Crippen LogP contribution in [0.4, 0.5) is 0 Å². The van der Waals surface area contributed by atoms with Gasteiger partial charge >= 0.3 is 5.97 Å². The highest BCUT2D eigenvalue weighted by Gasteiger charge is 2.46. The van der Waals surface area contributed by atoms with Gasteiger partial charge in [-0.2, -0.15) is 0 Å². The van der Waals surface area contributed by atoms with E-state index in [1.165, 1.54) is 18.2 Å². The number of piperidine rings is 1. The zero-order valence-corrected chi connectivity index (χ0v) is 17.6. The molecular weight excluding hydrogens is 448 g/mol. The highest BCUT2D eigenvalue weighted by molar-refractivity contribution is 7.91. The summed E-state index contributed by atoms with van der Waals surface area (Å²) in [6.07, 6.45) is -0.0987. The molecule has 2 heterocycles. The lowest BCUT2D eigenvalue weighted by atomic mass is 10.0. The third-order valence-corrected chi connectivity index (χ3v) is 6.57. The largest absolute Gasteiger partial charge is 0.480 e. The summed E-state index contributed by atoms with van der Waals surface area (Å²) in [4.78, 5) is 60.0. The Morgan fingerprint density at radius 3 is 2.50 bits per heavy atom. The Labute approximate surface area is 182 Å². The molecule has 1 atom stereocenters. The third-order valence-electron chi connectivity index (χ3n) is 4.86. The van der Waals surface area contributed by atoms with Crippen LogP contribution in [0.15, 0.2) is 23.1 Å². The number of nitrogens with zero attached hydrogens (tertiary/aromatic N) is 1. The van der Waals surface area contributed by atoms with Crippen molar-refractivity contribution in [3.05, 3.63) is 29.3 Å². The molecule has 0 spiro atoms. The highest BCUT2D eigenvalue weighted by Crippen LogP contribution is 2.32. The van der Waals surface area contributed by atoms with Crippen LogP contribution in [0.5, 0.6) is 0 Å². The molecule has 0 bridgehead atoms. The van der Waals surface area contributed by atoms with E-state index in [1.807, 2.05) is 0 Å². The second-order valence-electron chi connectivity index (χ2n) is 7.00. The van der Waals surface area contributed by atoms with Gasteiger partial charge in [-0.1, -0.05) is 6.07 Å². The Kier molecular flexibility index (Phi) is 7.01. The van der Waals surface area contributed by atoms with Crippen molar-refractivity contribution in [1.29, 1.82) is 0 Å². The number of carboxylic acids is 1. The molecule has 2 aliphatic heterocycles. The van der Waals surface area contributed by atoms with Crippen LogP contribution in [0.3, 0.4) is 0 Å². The molecule has 3 rings (SSSR count). The summed E-state index contributed by atoms with van der Waals surface area (Å²) in [5.74, 6) is -4.67. The molecule has 1 aromatic rings. The fourth-order valence-electron chi connectivity index (χ4n) is 3.40. The SMILES string of the molecule is O=C(O)COCCOCCS(=O)(=O)c1cccc2c1C(=O)N(C1CCC(=O)NC1=O)C2=O. The van der Waals surface area contributed by atoms with Crippen molar-refractivity contribution in [3.8, 4) is 0 Å². The molecule has 1 saturated heterocycles. The van der Waals surface area contributed by atoms with Gasteiger partial charge in [0.2, 0.25) is 11.8 Å². The van der Waals surface area contributed by atoms with Crippen molar-refractivity contribution in [3.63, 3.8) is 0 Å². The molecule has 32 heavy (non-hydrogen) atoms. The number of hydrogen-bond donors (Lipinski definition) is 2. The van der Waals surface area contributed by atoms with Crippen molar-refractivity contribution in [2.45, 2.75) is 23.8 Å². The number of rotatable bonds is 10. The van der Waals surface area contributed by atoms with E-state index in [2.05, 4.69) is 5.32 Å². The van der Waals surface area contributed by atoms with Crippen LogP contribution in [-0.2, 0) is 33.7 Å². The van der Waals surface area contributed by atoms with E-state index >= 15 is 0 Å². The Morgan fingerprint density at radius 1 is 1.09 bits per heavy atom. The zero-order chi connectivity index (χ0) is 23.5. The van der Waals surface area contributed by atoms with Gasteiger partial charge < -0.3 is 14.6 Å². The monoisotopic (exact) mass is 468 g/mol. The molecular formula is C19H20N2O10S. The molecule has 1 aromatic carbocycles. The number of aliphatic carboxylic acids is 1. The number of amides is 4. The average molecular weight is 468 g/mol. The van der Waals surface area contributed by atoms with Gasteiger partial charge in [-0.25, -0.2) is 13.2 Å². The van der Waals surface area contributed by atoms with Gasteiger partial charge in [-0.05, 0) is 18.6 Å². The number of hydrogen-bond acceptors (Lipinski definition) is 9.